The van der Waals surface area contributed by atoms with Gasteiger partial charge in [-0.25, -0.2) is 0 Å². The van der Waals surface area contributed by atoms with Crippen molar-refractivity contribution in [3.8, 4) is 0 Å². The van der Waals surface area contributed by atoms with Crippen LogP contribution in [0.4, 0.5) is 0 Å². The van der Waals surface area contributed by atoms with E-state index in [0.717, 1.165) is 31.1 Å². The number of aromatic nitrogens is 3. The third kappa shape index (κ3) is 3.10. The van der Waals surface area contributed by atoms with Gasteiger partial charge in [-0.2, -0.15) is 0 Å². The minimum absolute atomic E-state index is 0.692. The molecule has 18 heavy (non-hydrogen) atoms. The van der Waals surface area contributed by atoms with Gasteiger partial charge in [0.1, 0.15) is 11.6 Å². The van der Waals surface area contributed by atoms with Crippen molar-refractivity contribution >= 4 is 0 Å². The Morgan fingerprint density at radius 2 is 2.28 bits per heavy atom. The van der Waals surface area contributed by atoms with Gasteiger partial charge in [0.05, 0.1) is 0 Å². The normalized spacial score (nSPS) is 22.1. The molecule has 0 amide bonds. The average molecular weight is 250 g/mol. The second-order valence-electron chi connectivity index (χ2n) is 5.60. The predicted molar refractivity (Wildman–Crippen MR) is 73.5 cm³/mol. The maximum atomic E-state index is 4.36. The summed E-state index contributed by atoms with van der Waals surface area (Å²) in [6.45, 7) is 10.0. The van der Waals surface area contributed by atoms with Crippen LogP contribution in [-0.2, 0) is 13.0 Å². The Balaban J connectivity index is 1.99. The maximum absolute atomic E-state index is 4.36. The lowest BCUT2D eigenvalue weighted by molar-refractivity contribution is 0.274. The van der Waals surface area contributed by atoms with Crippen LogP contribution in [0.25, 0.3) is 0 Å². The standard InChI is InChI=1S/C14H26N4/c1-4-8-18-12(3)16-17-14(18)9-11(2)13-6-5-7-15-10-13/h11,13,15H,4-10H2,1-3H3. The third-order valence-corrected chi connectivity index (χ3v) is 4.10. The van der Waals surface area contributed by atoms with E-state index in [4.69, 9.17) is 0 Å². The zero-order chi connectivity index (χ0) is 13.0. The van der Waals surface area contributed by atoms with Crippen LogP contribution in [0.3, 0.4) is 0 Å². The fourth-order valence-corrected chi connectivity index (χ4v) is 2.91. The topological polar surface area (TPSA) is 42.7 Å². The third-order valence-electron chi connectivity index (χ3n) is 4.10. The summed E-state index contributed by atoms with van der Waals surface area (Å²) in [5.74, 6) is 3.72. The van der Waals surface area contributed by atoms with Gasteiger partial charge in [-0.3, -0.25) is 0 Å². The van der Waals surface area contributed by atoms with Crippen LogP contribution in [0.1, 0.15) is 44.8 Å². The van der Waals surface area contributed by atoms with Crippen LogP contribution in [0.5, 0.6) is 0 Å². The molecular formula is C14H26N4. The van der Waals surface area contributed by atoms with Crippen molar-refractivity contribution in [3.63, 3.8) is 0 Å². The number of rotatable bonds is 5. The molecule has 0 saturated carbocycles. The van der Waals surface area contributed by atoms with Crippen LogP contribution >= 0.6 is 0 Å². The Labute approximate surface area is 110 Å². The lowest BCUT2D eigenvalue weighted by atomic mass is 9.85. The van der Waals surface area contributed by atoms with Crippen LogP contribution in [-0.4, -0.2) is 27.9 Å². The smallest absolute Gasteiger partial charge is 0.133 e. The van der Waals surface area contributed by atoms with E-state index < -0.39 is 0 Å². The number of piperidine rings is 1. The summed E-state index contributed by atoms with van der Waals surface area (Å²) in [4.78, 5) is 0. The van der Waals surface area contributed by atoms with E-state index in [1.54, 1.807) is 0 Å². The molecule has 1 N–H and O–H groups in total. The first-order valence-corrected chi connectivity index (χ1v) is 7.31. The highest BCUT2D eigenvalue weighted by Gasteiger charge is 2.22. The van der Waals surface area contributed by atoms with E-state index in [0.29, 0.717) is 5.92 Å². The van der Waals surface area contributed by atoms with E-state index in [2.05, 4.69) is 40.9 Å². The lowest BCUT2D eigenvalue weighted by Gasteiger charge is -2.28. The predicted octanol–water partition coefficient (Wildman–Crippen LogP) is 2.17. The molecule has 1 aliphatic rings. The van der Waals surface area contributed by atoms with E-state index in [9.17, 15) is 0 Å². The summed E-state index contributed by atoms with van der Waals surface area (Å²) in [6, 6.07) is 0. The van der Waals surface area contributed by atoms with E-state index in [1.807, 2.05) is 0 Å². The van der Waals surface area contributed by atoms with Crippen LogP contribution < -0.4 is 5.32 Å². The molecule has 2 unspecified atom stereocenters. The molecular weight excluding hydrogens is 224 g/mol. The molecule has 1 aromatic rings. The monoisotopic (exact) mass is 250 g/mol. The van der Waals surface area contributed by atoms with Crippen molar-refractivity contribution in [3.05, 3.63) is 11.6 Å². The molecule has 2 atom stereocenters. The summed E-state index contributed by atoms with van der Waals surface area (Å²) in [5.41, 5.74) is 0. The van der Waals surface area contributed by atoms with Gasteiger partial charge >= 0.3 is 0 Å². The van der Waals surface area contributed by atoms with Gasteiger partial charge < -0.3 is 9.88 Å². The second-order valence-corrected chi connectivity index (χ2v) is 5.60. The SMILES string of the molecule is CCCn1c(C)nnc1CC(C)C1CCCNC1. The highest BCUT2D eigenvalue weighted by molar-refractivity contribution is 4.96. The van der Waals surface area contributed by atoms with Crippen LogP contribution in [0.2, 0.25) is 0 Å². The molecule has 1 fully saturated rings. The Morgan fingerprint density at radius 1 is 1.44 bits per heavy atom. The Bertz CT molecular complexity index is 366. The Kier molecular flexibility index (Phi) is 4.75. The molecule has 0 radical (unpaired) electrons. The first kappa shape index (κ1) is 13.5. The molecule has 0 spiro atoms. The molecule has 0 aliphatic carbocycles. The molecule has 2 heterocycles. The number of nitrogens with one attached hydrogen (secondary N) is 1. The molecule has 0 aromatic carbocycles. The molecule has 4 nitrogen and oxygen atoms in total. The average Bonchev–Trinajstić information content (AvgIpc) is 2.73. The van der Waals surface area contributed by atoms with E-state index >= 15 is 0 Å². The summed E-state index contributed by atoms with van der Waals surface area (Å²) in [7, 11) is 0. The lowest BCUT2D eigenvalue weighted by Crippen LogP contribution is -2.34. The number of hydrogen-bond acceptors (Lipinski definition) is 3. The first-order valence-electron chi connectivity index (χ1n) is 7.31. The van der Waals surface area contributed by atoms with Gasteiger partial charge in [0, 0.05) is 13.0 Å². The van der Waals surface area contributed by atoms with Crippen LogP contribution in [0, 0.1) is 18.8 Å². The van der Waals surface area contributed by atoms with Gasteiger partial charge in [0.2, 0.25) is 0 Å². The molecule has 1 saturated heterocycles. The minimum atomic E-state index is 0.692. The maximum Gasteiger partial charge on any atom is 0.133 e. The summed E-state index contributed by atoms with van der Waals surface area (Å²) in [6.07, 6.45) is 4.88. The highest BCUT2D eigenvalue weighted by atomic mass is 15.3. The summed E-state index contributed by atoms with van der Waals surface area (Å²) in [5, 5.41) is 12.1. The zero-order valence-corrected chi connectivity index (χ0v) is 11.9. The molecule has 0 bridgehead atoms. The fourth-order valence-electron chi connectivity index (χ4n) is 2.91. The number of hydrogen-bond donors (Lipinski definition) is 1. The van der Waals surface area contributed by atoms with E-state index in [1.165, 1.54) is 31.8 Å². The zero-order valence-electron chi connectivity index (χ0n) is 11.9. The van der Waals surface area contributed by atoms with Crippen molar-refractivity contribution in [2.24, 2.45) is 11.8 Å². The fraction of sp³-hybridized carbons (Fsp3) is 0.857. The minimum Gasteiger partial charge on any atom is -0.316 e. The van der Waals surface area contributed by atoms with Crippen molar-refractivity contribution in [2.45, 2.75) is 53.0 Å². The highest BCUT2D eigenvalue weighted by Crippen LogP contribution is 2.23. The summed E-state index contributed by atoms with van der Waals surface area (Å²) >= 11 is 0. The molecule has 4 heteroatoms. The van der Waals surface area contributed by atoms with Gasteiger partial charge in [-0.1, -0.05) is 13.8 Å². The number of nitrogens with zero attached hydrogens (tertiary/aromatic N) is 3. The van der Waals surface area contributed by atoms with E-state index in [-0.39, 0.29) is 0 Å². The molecule has 1 aliphatic heterocycles. The van der Waals surface area contributed by atoms with Gasteiger partial charge in [0.15, 0.2) is 0 Å². The molecule has 102 valence electrons. The largest absolute Gasteiger partial charge is 0.316 e. The Morgan fingerprint density at radius 3 is 2.94 bits per heavy atom. The number of aryl methyl sites for hydroxylation is 1. The molecule has 1 aromatic heterocycles. The van der Waals surface area contributed by atoms with Gasteiger partial charge in [-0.15, -0.1) is 10.2 Å². The molecule has 2 rings (SSSR count). The first-order chi connectivity index (χ1) is 8.72. The van der Waals surface area contributed by atoms with Gasteiger partial charge in [-0.05, 0) is 51.1 Å². The quantitative estimate of drug-likeness (QED) is 0.871. The van der Waals surface area contributed by atoms with Crippen molar-refractivity contribution in [2.75, 3.05) is 13.1 Å². The van der Waals surface area contributed by atoms with Crippen molar-refractivity contribution < 1.29 is 0 Å². The van der Waals surface area contributed by atoms with Crippen LogP contribution in [0.15, 0.2) is 0 Å². The van der Waals surface area contributed by atoms with Crippen molar-refractivity contribution in [1.29, 1.82) is 0 Å². The second kappa shape index (κ2) is 6.32. The van der Waals surface area contributed by atoms with Crippen molar-refractivity contribution in [1.82, 2.24) is 20.1 Å². The van der Waals surface area contributed by atoms with Gasteiger partial charge in [0.25, 0.3) is 0 Å². The summed E-state index contributed by atoms with van der Waals surface area (Å²) < 4.78 is 2.28. The Hall–Kier alpha value is -0.900.